The number of aryl methyl sites for hydroxylation is 1. The van der Waals surface area contributed by atoms with Crippen molar-refractivity contribution in [3.05, 3.63) is 59.4 Å². The number of aliphatic hydroxyl groups is 1. The van der Waals surface area contributed by atoms with Crippen LogP contribution in [-0.2, 0) is 6.61 Å². The molecule has 0 aliphatic rings. The predicted molar refractivity (Wildman–Crippen MR) is 98.6 cm³/mol. The minimum Gasteiger partial charge on any atom is -0.505 e. The lowest BCUT2D eigenvalue weighted by Crippen LogP contribution is -2.24. The molecule has 6 nitrogen and oxygen atoms in total. The summed E-state index contributed by atoms with van der Waals surface area (Å²) in [5.74, 6) is 0.520. The molecule has 134 valence electrons. The maximum atomic E-state index is 12.1. The molecule has 6 heteroatoms. The lowest BCUT2D eigenvalue weighted by molar-refractivity contribution is 0.0947. The standard InChI is InChI=1S/C20H20N2O4/c1-3-21-20(25)18-19(24)15-9-8-14(10-16(15)17(11-23)22-18)26-13-6-4-12(2)5-7-13/h4-10,23-24H,3,11H2,1-2H3,(H,21,25). The molecule has 0 spiro atoms. The third-order valence-corrected chi connectivity index (χ3v) is 3.99. The average Bonchev–Trinajstić information content (AvgIpc) is 2.64. The zero-order valence-electron chi connectivity index (χ0n) is 14.6. The van der Waals surface area contributed by atoms with Crippen LogP contribution in [0.4, 0.5) is 0 Å². The number of nitrogens with one attached hydrogen (secondary N) is 1. The first-order valence-electron chi connectivity index (χ1n) is 8.32. The lowest BCUT2D eigenvalue weighted by Gasteiger charge is -2.12. The van der Waals surface area contributed by atoms with Gasteiger partial charge in [0.1, 0.15) is 11.5 Å². The fourth-order valence-electron chi connectivity index (χ4n) is 2.67. The molecule has 0 atom stereocenters. The number of fused-ring (bicyclic) bond motifs is 1. The molecule has 1 aromatic heterocycles. The van der Waals surface area contributed by atoms with Crippen LogP contribution in [0.5, 0.6) is 17.2 Å². The monoisotopic (exact) mass is 352 g/mol. The molecule has 0 aliphatic carbocycles. The number of aromatic nitrogens is 1. The fraction of sp³-hybridized carbons (Fsp3) is 0.200. The van der Waals surface area contributed by atoms with Crippen LogP contribution in [0.25, 0.3) is 10.8 Å². The van der Waals surface area contributed by atoms with E-state index >= 15 is 0 Å². The van der Waals surface area contributed by atoms with E-state index in [1.54, 1.807) is 25.1 Å². The van der Waals surface area contributed by atoms with Crippen molar-refractivity contribution < 1.29 is 19.7 Å². The Hall–Kier alpha value is -3.12. The van der Waals surface area contributed by atoms with Gasteiger partial charge in [0, 0.05) is 17.3 Å². The number of rotatable bonds is 5. The van der Waals surface area contributed by atoms with Crippen LogP contribution in [0, 0.1) is 6.92 Å². The highest BCUT2D eigenvalue weighted by molar-refractivity contribution is 6.02. The second-order valence-electron chi connectivity index (χ2n) is 5.90. The van der Waals surface area contributed by atoms with Crippen molar-refractivity contribution in [1.29, 1.82) is 0 Å². The third kappa shape index (κ3) is 3.45. The summed E-state index contributed by atoms with van der Waals surface area (Å²) in [6, 6.07) is 12.7. The summed E-state index contributed by atoms with van der Waals surface area (Å²) in [7, 11) is 0. The molecule has 26 heavy (non-hydrogen) atoms. The van der Waals surface area contributed by atoms with E-state index in [4.69, 9.17) is 4.74 Å². The number of nitrogens with zero attached hydrogens (tertiary/aromatic N) is 1. The van der Waals surface area contributed by atoms with Crippen LogP contribution in [0.15, 0.2) is 42.5 Å². The van der Waals surface area contributed by atoms with Gasteiger partial charge < -0.3 is 20.3 Å². The molecule has 3 aromatic rings. The Kier molecular flexibility index (Phi) is 5.04. The van der Waals surface area contributed by atoms with Crippen molar-refractivity contribution in [3.63, 3.8) is 0 Å². The minimum absolute atomic E-state index is 0.101. The van der Waals surface area contributed by atoms with Crippen LogP contribution in [-0.4, -0.2) is 27.6 Å². The molecule has 1 amide bonds. The number of carbonyl (C=O) groups excluding carboxylic acids is 1. The van der Waals surface area contributed by atoms with Gasteiger partial charge in [-0.25, -0.2) is 4.98 Å². The third-order valence-electron chi connectivity index (χ3n) is 3.99. The number of carbonyl (C=O) groups is 1. The van der Waals surface area contributed by atoms with Crippen LogP contribution in [0.1, 0.15) is 28.7 Å². The second-order valence-corrected chi connectivity index (χ2v) is 5.90. The van der Waals surface area contributed by atoms with Crippen LogP contribution >= 0.6 is 0 Å². The highest BCUT2D eigenvalue weighted by Crippen LogP contribution is 2.33. The number of amides is 1. The normalized spacial score (nSPS) is 10.7. The van der Waals surface area contributed by atoms with Gasteiger partial charge >= 0.3 is 0 Å². The van der Waals surface area contributed by atoms with Gasteiger partial charge in [-0.3, -0.25) is 4.79 Å². The number of aliphatic hydroxyl groups excluding tert-OH is 1. The molecule has 1 heterocycles. The van der Waals surface area contributed by atoms with Crippen LogP contribution in [0.3, 0.4) is 0 Å². The van der Waals surface area contributed by atoms with Crippen molar-refractivity contribution in [2.45, 2.75) is 20.5 Å². The molecule has 0 fully saturated rings. The summed E-state index contributed by atoms with van der Waals surface area (Å²) < 4.78 is 5.83. The van der Waals surface area contributed by atoms with Gasteiger partial charge in [0.2, 0.25) is 0 Å². The van der Waals surface area contributed by atoms with E-state index in [-0.39, 0.29) is 18.1 Å². The van der Waals surface area contributed by atoms with E-state index < -0.39 is 5.91 Å². The summed E-state index contributed by atoms with van der Waals surface area (Å²) in [4.78, 5) is 16.2. The van der Waals surface area contributed by atoms with Crippen molar-refractivity contribution in [3.8, 4) is 17.2 Å². The van der Waals surface area contributed by atoms with Crippen LogP contribution < -0.4 is 10.1 Å². The summed E-state index contributed by atoms with van der Waals surface area (Å²) >= 11 is 0. The lowest BCUT2D eigenvalue weighted by atomic mass is 10.1. The van der Waals surface area contributed by atoms with Gasteiger partial charge in [-0.1, -0.05) is 17.7 Å². The van der Waals surface area contributed by atoms with Gasteiger partial charge in [0.05, 0.1) is 12.3 Å². The number of pyridine rings is 1. The van der Waals surface area contributed by atoms with Crippen molar-refractivity contribution in [2.24, 2.45) is 0 Å². The van der Waals surface area contributed by atoms with E-state index in [1.165, 1.54) is 0 Å². The fourth-order valence-corrected chi connectivity index (χ4v) is 2.67. The van der Waals surface area contributed by atoms with E-state index in [0.29, 0.717) is 34.5 Å². The van der Waals surface area contributed by atoms with Gasteiger partial charge in [0.15, 0.2) is 11.4 Å². The summed E-state index contributed by atoms with van der Waals surface area (Å²) in [6.45, 7) is 3.82. The molecule has 3 rings (SSSR count). The smallest absolute Gasteiger partial charge is 0.273 e. The Bertz CT molecular complexity index is 952. The number of hydrogen-bond donors (Lipinski definition) is 3. The first kappa shape index (κ1) is 17.7. The topological polar surface area (TPSA) is 91.7 Å². The molecule has 0 radical (unpaired) electrons. The second kappa shape index (κ2) is 7.41. The van der Waals surface area contributed by atoms with E-state index in [0.717, 1.165) is 5.56 Å². The SMILES string of the molecule is CCNC(=O)c1nc(CO)c2cc(Oc3ccc(C)cc3)ccc2c1O. The molecule has 0 unspecified atom stereocenters. The number of aromatic hydroxyl groups is 1. The molecule has 0 aliphatic heterocycles. The quantitative estimate of drug-likeness (QED) is 0.655. The van der Waals surface area contributed by atoms with Gasteiger partial charge in [0.25, 0.3) is 5.91 Å². The largest absolute Gasteiger partial charge is 0.505 e. The first-order chi connectivity index (χ1) is 12.5. The van der Waals surface area contributed by atoms with Crippen molar-refractivity contribution in [1.82, 2.24) is 10.3 Å². The Labute approximate surface area is 151 Å². The average molecular weight is 352 g/mol. The molecule has 3 N–H and O–H groups in total. The molecule has 2 aromatic carbocycles. The highest BCUT2D eigenvalue weighted by Gasteiger charge is 2.19. The highest BCUT2D eigenvalue weighted by atomic mass is 16.5. The van der Waals surface area contributed by atoms with Gasteiger partial charge in [-0.15, -0.1) is 0 Å². The number of hydrogen-bond acceptors (Lipinski definition) is 5. The maximum Gasteiger partial charge on any atom is 0.273 e. The van der Waals surface area contributed by atoms with Crippen molar-refractivity contribution >= 4 is 16.7 Å². The summed E-state index contributed by atoms with van der Waals surface area (Å²) in [6.07, 6.45) is 0. The van der Waals surface area contributed by atoms with E-state index in [1.807, 2.05) is 31.2 Å². The zero-order valence-corrected chi connectivity index (χ0v) is 14.6. The first-order valence-corrected chi connectivity index (χ1v) is 8.32. The van der Waals surface area contributed by atoms with Gasteiger partial charge in [-0.05, 0) is 44.2 Å². The van der Waals surface area contributed by atoms with Crippen LogP contribution in [0.2, 0.25) is 0 Å². The van der Waals surface area contributed by atoms with E-state index in [9.17, 15) is 15.0 Å². The zero-order chi connectivity index (χ0) is 18.7. The number of ether oxygens (including phenoxy) is 1. The Morgan fingerprint density at radius 1 is 1.12 bits per heavy atom. The molecule has 0 saturated carbocycles. The number of benzene rings is 2. The Balaban J connectivity index is 2.04. The molecule has 0 saturated heterocycles. The minimum atomic E-state index is -0.485. The van der Waals surface area contributed by atoms with E-state index in [2.05, 4.69) is 10.3 Å². The maximum absolute atomic E-state index is 12.1. The summed E-state index contributed by atoms with van der Waals surface area (Å²) in [5.41, 5.74) is 1.33. The van der Waals surface area contributed by atoms with Gasteiger partial charge in [-0.2, -0.15) is 0 Å². The molecule has 0 bridgehead atoms. The summed E-state index contributed by atoms with van der Waals surface area (Å²) in [5, 5.41) is 23.7. The molecular weight excluding hydrogens is 332 g/mol. The Morgan fingerprint density at radius 3 is 2.46 bits per heavy atom. The Morgan fingerprint density at radius 2 is 1.81 bits per heavy atom. The molecular formula is C20H20N2O4. The predicted octanol–water partition coefficient (Wildman–Crippen LogP) is 3.28. The van der Waals surface area contributed by atoms with Crippen molar-refractivity contribution in [2.75, 3.05) is 6.54 Å².